The summed E-state index contributed by atoms with van der Waals surface area (Å²) in [7, 11) is 6.18. The first-order chi connectivity index (χ1) is 10.6. The van der Waals surface area contributed by atoms with E-state index in [1.54, 1.807) is 12.4 Å². The van der Waals surface area contributed by atoms with Crippen LogP contribution in [0.4, 0.5) is 5.82 Å². The van der Waals surface area contributed by atoms with E-state index in [1.807, 2.05) is 4.90 Å². The molecule has 1 aromatic rings. The molecule has 0 radical (unpaired) electrons. The van der Waals surface area contributed by atoms with Gasteiger partial charge in [0.25, 0.3) is 5.91 Å². The normalized spacial score (nSPS) is 16.1. The zero-order chi connectivity index (χ0) is 15.9. The number of anilines is 1. The number of hydrogen-bond donors (Lipinski definition) is 1. The first kappa shape index (κ1) is 16.6. The molecule has 0 aliphatic carbocycles. The summed E-state index contributed by atoms with van der Waals surface area (Å²) in [6.45, 7) is 5.19. The Morgan fingerprint density at radius 3 is 2.55 bits per heavy atom. The van der Waals surface area contributed by atoms with Gasteiger partial charge in [-0.3, -0.25) is 4.79 Å². The highest BCUT2D eigenvalue weighted by molar-refractivity contribution is 5.92. The third kappa shape index (κ3) is 4.92. The Hall–Kier alpha value is -1.73. The molecule has 22 heavy (non-hydrogen) atoms. The van der Waals surface area contributed by atoms with Crippen LogP contribution >= 0.6 is 0 Å². The van der Waals surface area contributed by atoms with E-state index in [2.05, 4.69) is 46.2 Å². The molecule has 2 heterocycles. The summed E-state index contributed by atoms with van der Waals surface area (Å²) in [6, 6.07) is 0. The van der Waals surface area contributed by atoms with E-state index in [-0.39, 0.29) is 5.91 Å². The van der Waals surface area contributed by atoms with Crippen molar-refractivity contribution in [1.82, 2.24) is 24.7 Å². The monoisotopic (exact) mass is 306 g/mol. The summed E-state index contributed by atoms with van der Waals surface area (Å²) >= 11 is 0. The first-order valence-corrected chi connectivity index (χ1v) is 7.75. The summed E-state index contributed by atoms with van der Waals surface area (Å²) in [4.78, 5) is 27.1. The molecule has 0 unspecified atom stereocenters. The molecule has 1 amide bonds. The molecule has 1 aliphatic heterocycles. The number of piperazine rings is 1. The van der Waals surface area contributed by atoms with Crippen molar-refractivity contribution in [2.45, 2.75) is 6.42 Å². The molecule has 0 spiro atoms. The standard InChI is InChI=1S/C15H26N6O/c1-19(2)6-4-5-16-14-12-17-13(11-18-14)15(22)21-9-7-20(3)8-10-21/h11-12H,4-10H2,1-3H3,(H,16,18). The van der Waals surface area contributed by atoms with Crippen molar-refractivity contribution in [1.29, 1.82) is 0 Å². The Morgan fingerprint density at radius 1 is 1.23 bits per heavy atom. The number of aromatic nitrogens is 2. The molecule has 1 aliphatic rings. The zero-order valence-corrected chi connectivity index (χ0v) is 13.7. The number of likely N-dealkylation sites (N-methyl/N-ethyl adjacent to an activating group) is 1. The van der Waals surface area contributed by atoms with Crippen LogP contribution in [0.1, 0.15) is 16.9 Å². The van der Waals surface area contributed by atoms with E-state index in [4.69, 9.17) is 0 Å². The predicted octanol–water partition coefficient (Wildman–Crippen LogP) is 0.228. The molecule has 1 saturated heterocycles. The minimum Gasteiger partial charge on any atom is -0.369 e. The molecule has 0 bridgehead atoms. The summed E-state index contributed by atoms with van der Waals surface area (Å²) in [5, 5.41) is 3.22. The lowest BCUT2D eigenvalue weighted by atomic mass is 10.3. The zero-order valence-electron chi connectivity index (χ0n) is 13.7. The average molecular weight is 306 g/mol. The quantitative estimate of drug-likeness (QED) is 0.759. The van der Waals surface area contributed by atoms with Gasteiger partial charge in [-0.05, 0) is 34.1 Å². The molecule has 2 rings (SSSR count). The van der Waals surface area contributed by atoms with Gasteiger partial charge in [0, 0.05) is 32.7 Å². The van der Waals surface area contributed by atoms with Crippen molar-refractivity contribution in [2.75, 3.05) is 65.7 Å². The van der Waals surface area contributed by atoms with Gasteiger partial charge in [-0.25, -0.2) is 9.97 Å². The van der Waals surface area contributed by atoms with E-state index in [0.717, 1.165) is 45.7 Å². The lowest BCUT2D eigenvalue weighted by Gasteiger charge is -2.32. The third-order valence-electron chi connectivity index (χ3n) is 3.75. The van der Waals surface area contributed by atoms with Crippen LogP contribution in [0.3, 0.4) is 0 Å². The molecular formula is C15H26N6O. The summed E-state index contributed by atoms with van der Waals surface area (Å²) < 4.78 is 0. The lowest BCUT2D eigenvalue weighted by Crippen LogP contribution is -2.47. The number of carbonyl (C=O) groups excluding carboxylic acids is 1. The molecule has 7 heteroatoms. The van der Waals surface area contributed by atoms with Gasteiger partial charge < -0.3 is 20.0 Å². The Bertz CT molecular complexity index is 467. The lowest BCUT2D eigenvalue weighted by molar-refractivity contribution is 0.0658. The molecule has 1 fully saturated rings. The van der Waals surface area contributed by atoms with Crippen LogP contribution in [0.2, 0.25) is 0 Å². The van der Waals surface area contributed by atoms with Crippen molar-refractivity contribution in [2.24, 2.45) is 0 Å². The van der Waals surface area contributed by atoms with E-state index in [9.17, 15) is 4.79 Å². The van der Waals surface area contributed by atoms with Gasteiger partial charge >= 0.3 is 0 Å². The number of nitrogens with one attached hydrogen (secondary N) is 1. The minimum atomic E-state index is -0.0280. The maximum Gasteiger partial charge on any atom is 0.274 e. The highest BCUT2D eigenvalue weighted by Crippen LogP contribution is 2.07. The molecule has 0 saturated carbocycles. The molecule has 7 nitrogen and oxygen atoms in total. The smallest absolute Gasteiger partial charge is 0.274 e. The van der Waals surface area contributed by atoms with Crippen LogP contribution in [0.15, 0.2) is 12.4 Å². The maximum absolute atomic E-state index is 12.3. The highest BCUT2D eigenvalue weighted by atomic mass is 16.2. The predicted molar refractivity (Wildman–Crippen MR) is 87.1 cm³/mol. The number of hydrogen-bond acceptors (Lipinski definition) is 6. The van der Waals surface area contributed by atoms with Gasteiger partial charge in [0.05, 0.1) is 12.4 Å². The molecule has 0 aromatic carbocycles. The second kappa shape index (κ2) is 8.05. The largest absolute Gasteiger partial charge is 0.369 e. The Balaban J connectivity index is 1.82. The van der Waals surface area contributed by atoms with E-state index < -0.39 is 0 Å². The van der Waals surface area contributed by atoms with Gasteiger partial charge in [0.2, 0.25) is 0 Å². The topological polar surface area (TPSA) is 64.6 Å². The SMILES string of the molecule is CN(C)CCCNc1cnc(C(=O)N2CCN(C)CC2)cn1. The second-order valence-corrected chi connectivity index (χ2v) is 5.97. The maximum atomic E-state index is 12.3. The molecule has 1 aromatic heterocycles. The van der Waals surface area contributed by atoms with Gasteiger partial charge in [-0.15, -0.1) is 0 Å². The molecule has 0 atom stereocenters. The van der Waals surface area contributed by atoms with Gasteiger partial charge in [-0.1, -0.05) is 0 Å². The van der Waals surface area contributed by atoms with Crippen LogP contribution in [0, 0.1) is 0 Å². The summed E-state index contributed by atoms with van der Waals surface area (Å²) in [5.74, 6) is 0.688. The van der Waals surface area contributed by atoms with Gasteiger partial charge in [-0.2, -0.15) is 0 Å². The Labute approximate surface area is 132 Å². The summed E-state index contributed by atoms with van der Waals surface area (Å²) in [5.41, 5.74) is 0.420. The fourth-order valence-electron chi connectivity index (χ4n) is 2.31. The summed E-state index contributed by atoms with van der Waals surface area (Å²) in [6.07, 6.45) is 4.24. The Morgan fingerprint density at radius 2 is 1.95 bits per heavy atom. The molecule has 122 valence electrons. The van der Waals surface area contributed by atoms with E-state index >= 15 is 0 Å². The van der Waals surface area contributed by atoms with Crippen molar-refractivity contribution in [3.63, 3.8) is 0 Å². The van der Waals surface area contributed by atoms with Gasteiger partial charge in [0.15, 0.2) is 0 Å². The molecular weight excluding hydrogens is 280 g/mol. The van der Waals surface area contributed by atoms with E-state index in [0.29, 0.717) is 11.5 Å². The minimum absolute atomic E-state index is 0.0280. The number of rotatable bonds is 6. The number of carbonyl (C=O) groups is 1. The van der Waals surface area contributed by atoms with Crippen molar-refractivity contribution >= 4 is 11.7 Å². The number of nitrogens with zero attached hydrogens (tertiary/aromatic N) is 5. The fraction of sp³-hybridized carbons (Fsp3) is 0.667. The van der Waals surface area contributed by atoms with Crippen LogP contribution < -0.4 is 5.32 Å². The fourth-order valence-corrected chi connectivity index (χ4v) is 2.31. The van der Waals surface area contributed by atoms with Crippen LogP contribution in [0.5, 0.6) is 0 Å². The van der Waals surface area contributed by atoms with Crippen LogP contribution in [0.25, 0.3) is 0 Å². The van der Waals surface area contributed by atoms with Crippen LogP contribution in [-0.2, 0) is 0 Å². The Kier molecular flexibility index (Phi) is 6.09. The average Bonchev–Trinajstić information content (AvgIpc) is 2.52. The van der Waals surface area contributed by atoms with Crippen molar-refractivity contribution in [3.05, 3.63) is 18.1 Å². The first-order valence-electron chi connectivity index (χ1n) is 7.75. The van der Waals surface area contributed by atoms with Crippen molar-refractivity contribution in [3.8, 4) is 0 Å². The third-order valence-corrected chi connectivity index (χ3v) is 3.75. The van der Waals surface area contributed by atoms with Crippen LogP contribution in [-0.4, -0.2) is 91.0 Å². The highest BCUT2D eigenvalue weighted by Gasteiger charge is 2.21. The van der Waals surface area contributed by atoms with Gasteiger partial charge in [0.1, 0.15) is 11.5 Å². The van der Waals surface area contributed by atoms with E-state index in [1.165, 1.54) is 0 Å². The van der Waals surface area contributed by atoms with Crippen molar-refractivity contribution < 1.29 is 4.79 Å². The number of amides is 1. The second-order valence-electron chi connectivity index (χ2n) is 5.97. The molecule has 1 N–H and O–H groups in total.